The largest absolute Gasteiger partial charge is 0.355 e. The Hall–Kier alpha value is -0.580. The number of halogens is 1. The summed E-state index contributed by atoms with van der Waals surface area (Å²) in [6.07, 6.45) is 7.60. The Kier molecular flexibility index (Phi) is 7.56. The van der Waals surface area contributed by atoms with E-state index in [1.54, 1.807) is 0 Å². The van der Waals surface area contributed by atoms with Gasteiger partial charge in [0.25, 0.3) is 0 Å². The van der Waals surface area contributed by atoms with Crippen LogP contribution in [0, 0.1) is 0 Å². The van der Waals surface area contributed by atoms with E-state index in [9.17, 15) is 4.79 Å². The van der Waals surface area contributed by atoms with E-state index in [4.69, 9.17) is 5.73 Å². The van der Waals surface area contributed by atoms with E-state index in [2.05, 4.69) is 22.8 Å². The van der Waals surface area contributed by atoms with Crippen molar-refractivity contribution in [1.29, 1.82) is 0 Å². The highest BCUT2D eigenvalue weighted by atomic mass is 35.5. The lowest BCUT2D eigenvalue weighted by Crippen LogP contribution is -2.41. The molecule has 0 spiro atoms. The third kappa shape index (κ3) is 4.47. The van der Waals surface area contributed by atoms with Crippen molar-refractivity contribution in [3.63, 3.8) is 0 Å². The molecule has 3 N–H and O–H groups in total. The summed E-state index contributed by atoms with van der Waals surface area (Å²) in [5.74, 6) is 0.145. The third-order valence-corrected chi connectivity index (χ3v) is 5.20. The summed E-state index contributed by atoms with van der Waals surface area (Å²) in [4.78, 5) is 13.2. The highest BCUT2D eigenvalue weighted by Crippen LogP contribution is 2.41. The highest BCUT2D eigenvalue weighted by Gasteiger charge is 2.34. The van der Waals surface area contributed by atoms with Crippen molar-refractivity contribution >= 4 is 29.7 Å². The van der Waals surface area contributed by atoms with Crippen molar-refractivity contribution in [1.82, 2.24) is 5.32 Å². The summed E-state index contributed by atoms with van der Waals surface area (Å²) >= 11 is 1.83. The molecule has 1 aromatic heterocycles. The van der Waals surface area contributed by atoms with Crippen molar-refractivity contribution in [2.45, 2.75) is 50.4 Å². The first-order valence-corrected chi connectivity index (χ1v) is 8.15. The van der Waals surface area contributed by atoms with Crippen LogP contribution in [-0.2, 0) is 10.2 Å². The van der Waals surface area contributed by atoms with Crippen LogP contribution < -0.4 is 11.1 Å². The van der Waals surface area contributed by atoms with Gasteiger partial charge in [-0.3, -0.25) is 4.79 Å². The number of hydrogen-bond acceptors (Lipinski definition) is 3. The van der Waals surface area contributed by atoms with Gasteiger partial charge in [-0.05, 0) is 37.3 Å². The highest BCUT2D eigenvalue weighted by molar-refractivity contribution is 7.10. The lowest BCUT2D eigenvalue weighted by molar-refractivity contribution is -0.121. The Morgan fingerprint density at radius 3 is 2.70 bits per heavy atom. The lowest BCUT2D eigenvalue weighted by Gasteiger charge is -2.36. The van der Waals surface area contributed by atoms with Crippen molar-refractivity contribution in [3.05, 3.63) is 22.4 Å². The number of nitrogens with two attached hydrogens (primary N) is 1. The topological polar surface area (TPSA) is 55.1 Å². The van der Waals surface area contributed by atoms with Crippen LogP contribution >= 0.6 is 23.7 Å². The fourth-order valence-corrected chi connectivity index (χ4v) is 3.93. The Morgan fingerprint density at radius 2 is 2.10 bits per heavy atom. The predicted molar refractivity (Wildman–Crippen MR) is 87.6 cm³/mol. The Bertz CT molecular complexity index is 389. The number of rotatable bonds is 6. The number of thiophene rings is 1. The monoisotopic (exact) mass is 316 g/mol. The van der Waals surface area contributed by atoms with Gasteiger partial charge in [-0.25, -0.2) is 0 Å². The molecule has 114 valence electrons. The molecule has 0 aromatic carbocycles. The molecule has 5 heteroatoms. The SMILES string of the molecule is Cl.NCCCC(=O)NCC1(c2cccs2)CCCCC1. The average Bonchev–Trinajstić information content (AvgIpc) is 2.98. The van der Waals surface area contributed by atoms with Gasteiger partial charge in [-0.1, -0.05) is 25.3 Å². The minimum Gasteiger partial charge on any atom is -0.355 e. The summed E-state index contributed by atoms with van der Waals surface area (Å²) < 4.78 is 0. The molecule has 1 heterocycles. The Morgan fingerprint density at radius 1 is 1.35 bits per heavy atom. The molecule has 20 heavy (non-hydrogen) atoms. The minimum absolute atomic E-state index is 0. The molecular weight excluding hydrogens is 292 g/mol. The van der Waals surface area contributed by atoms with Crippen LogP contribution in [0.15, 0.2) is 17.5 Å². The van der Waals surface area contributed by atoms with Gasteiger partial charge in [0.15, 0.2) is 0 Å². The van der Waals surface area contributed by atoms with Gasteiger partial charge in [-0.15, -0.1) is 23.7 Å². The van der Waals surface area contributed by atoms with Crippen molar-refractivity contribution in [3.8, 4) is 0 Å². The first kappa shape index (κ1) is 17.5. The van der Waals surface area contributed by atoms with Gasteiger partial charge in [0.2, 0.25) is 5.91 Å². The summed E-state index contributed by atoms with van der Waals surface area (Å²) in [7, 11) is 0. The quantitative estimate of drug-likeness (QED) is 0.846. The predicted octanol–water partition coefficient (Wildman–Crippen LogP) is 3.23. The molecule has 0 radical (unpaired) electrons. The molecule has 3 nitrogen and oxygen atoms in total. The standard InChI is InChI=1S/C15H24N2OS.ClH/c16-10-4-7-14(18)17-12-15(8-2-1-3-9-15)13-6-5-11-19-13;/h5-6,11H,1-4,7-10,12,16H2,(H,17,18);1H. The van der Waals surface area contributed by atoms with E-state index in [1.807, 2.05) is 11.3 Å². The lowest BCUT2D eigenvalue weighted by atomic mass is 9.73. The van der Waals surface area contributed by atoms with E-state index in [0.717, 1.165) is 13.0 Å². The number of amides is 1. The molecule has 1 amide bonds. The molecule has 1 saturated carbocycles. The molecule has 1 aromatic rings. The molecule has 0 unspecified atom stereocenters. The molecule has 1 aliphatic carbocycles. The van der Waals surface area contributed by atoms with Crippen LogP contribution in [0.1, 0.15) is 49.8 Å². The van der Waals surface area contributed by atoms with Gasteiger partial charge < -0.3 is 11.1 Å². The second-order valence-corrected chi connectivity index (χ2v) is 6.43. The van der Waals surface area contributed by atoms with E-state index in [0.29, 0.717) is 13.0 Å². The summed E-state index contributed by atoms with van der Waals surface area (Å²) in [5.41, 5.74) is 5.63. The molecule has 2 rings (SSSR count). The molecule has 0 atom stereocenters. The number of carbonyl (C=O) groups is 1. The van der Waals surface area contributed by atoms with E-state index < -0.39 is 0 Å². The third-order valence-electron chi connectivity index (χ3n) is 4.09. The first-order valence-electron chi connectivity index (χ1n) is 7.28. The molecule has 0 aliphatic heterocycles. The smallest absolute Gasteiger partial charge is 0.220 e. The maximum absolute atomic E-state index is 11.8. The van der Waals surface area contributed by atoms with Gasteiger partial charge in [0, 0.05) is 23.3 Å². The average molecular weight is 317 g/mol. The second kappa shape index (κ2) is 8.65. The summed E-state index contributed by atoms with van der Waals surface area (Å²) in [6, 6.07) is 4.34. The fraction of sp³-hybridized carbons (Fsp3) is 0.667. The van der Waals surface area contributed by atoms with Gasteiger partial charge in [-0.2, -0.15) is 0 Å². The molecule has 1 fully saturated rings. The molecular formula is C15H25ClN2OS. The molecule has 0 bridgehead atoms. The zero-order chi connectivity index (χ0) is 13.6. The van der Waals surface area contributed by atoms with Crippen LogP contribution in [0.2, 0.25) is 0 Å². The van der Waals surface area contributed by atoms with E-state index in [-0.39, 0.29) is 23.7 Å². The van der Waals surface area contributed by atoms with Crippen LogP contribution in [0.3, 0.4) is 0 Å². The first-order chi connectivity index (χ1) is 9.27. The van der Waals surface area contributed by atoms with Crippen molar-refractivity contribution in [2.24, 2.45) is 5.73 Å². The van der Waals surface area contributed by atoms with Crippen LogP contribution in [-0.4, -0.2) is 19.0 Å². The summed E-state index contributed by atoms with van der Waals surface area (Å²) in [6.45, 7) is 1.38. The summed E-state index contributed by atoms with van der Waals surface area (Å²) in [5, 5.41) is 5.27. The Balaban J connectivity index is 0.00000200. The molecule has 0 saturated heterocycles. The minimum atomic E-state index is 0. The zero-order valence-electron chi connectivity index (χ0n) is 11.9. The van der Waals surface area contributed by atoms with Crippen LogP contribution in [0.25, 0.3) is 0 Å². The van der Waals surface area contributed by atoms with Gasteiger partial charge in [0.1, 0.15) is 0 Å². The van der Waals surface area contributed by atoms with Crippen LogP contribution in [0.4, 0.5) is 0 Å². The Labute approximate surface area is 131 Å². The normalized spacial score (nSPS) is 17.2. The van der Waals surface area contributed by atoms with Crippen LogP contribution in [0.5, 0.6) is 0 Å². The van der Waals surface area contributed by atoms with E-state index >= 15 is 0 Å². The maximum Gasteiger partial charge on any atom is 0.220 e. The second-order valence-electron chi connectivity index (χ2n) is 5.49. The van der Waals surface area contributed by atoms with Crippen molar-refractivity contribution in [2.75, 3.05) is 13.1 Å². The number of hydrogen-bond donors (Lipinski definition) is 2. The number of carbonyl (C=O) groups excluding carboxylic acids is 1. The van der Waals surface area contributed by atoms with Gasteiger partial charge >= 0.3 is 0 Å². The molecule has 1 aliphatic rings. The maximum atomic E-state index is 11.8. The van der Waals surface area contributed by atoms with E-state index in [1.165, 1.54) is 37.0 Å². The van der Waals surface area contributed by atoms with Gasteiger partial charge in [0.05, 0.1) is 0 Å². The fourth-order valence-electron chi connectivity index (χ4n) is 2.94. The number of nitrogens with one attached hydrogen (secondary N) is 1. The zero-order valence-corrected chi connectivity index (χ0v) is 13.5. The van der Waals surface area contributed by atoms with Crippen molar-refractivity contribution < 1.29 is 4.79 Å².